The minimum atomic E-state index is -0.0412. The summed E-state index contributed by atoms with van der Waals surface area (Å²) < 4.78 is 1.91. The fourth-order valence-corrected chi connectivity index (χ4v) is 5.41. The molecule has 2 amide bonds. The van der Waals surface area contributed by atoms with Crippen molar-refractivity contribution >= 4 is 39.1 Å². The third-order valence-corrected chi connectivity index (χ3v) is 7.23. The number of aromatic nitrogens is 2. The van der Waals surface area contributed by atoms with E-state index in [0.717, 1.165) is 53.2 Å². The van der Waals surface area contributed by atoms with Gasteiger partial charge in [-0.3, -0.25) is 14.5 Å². The van der Waals surface area contributed by atoms with Gasteiger partial charge in [0.2, 0.25) is 5.91 Å². The molecular weight excluding hydrogens is 446 g/mol. The van der Waals surface area contributed by atoms with E-state index in [9.17, 15) is 9.59 Å². The van der Waals surface area contributed by atoms with Crippen LogP contribution in [0, 0.1) is 6.92 Å². The van der Waals surface area contributed by atoms with E-state index in [-0.39, 0.29) is 17.9 Å². The van der Waals surface area contributed by atoms with Gasteiger partial charge in [0, 0.05) is 30.2 Å². The Morgan fingerprint density at radius 3 is 2.41 bits per heavy atom. The van der Waals surface area contributed by atoms with Gasteiger partial charge in [-0.25, -0.2) is 4.68 Å². The van der Waals surface area contributed by atoms with Crippen molar-refractivity contribution in [1.82, 2.24) is 20.0 Å². The Hall–Kier alpha value is -3.49. The van der Waals surface area contributed by atoms with Crippen LogP contribution in [0.4, 0.5) is 5.69 Å². The molecule has 0 spiro atoms. The van der Waals surface area contributed by atoms with Crippen LogP contribution in [0.15, 0.2) is 66.7 Å². The topological polar surface area (TPSA) is 79.3 Å². The summed E-state index contributed by atoms with van der Waals surface area (Å²) >= 11 is 1.47. The third kappa shape index (κ3) is 4.88. The van der Waals surface area contributed by atoms with Crippen molar-refractivity contribution in [3.05, 3.63) is 77.3 Å². The summed E-state index contributed by atoms with van der Waals surface area (Å²) in [5.74, 6) is -0.0535. The normalized spacial score (nSPS) is 14.9. The number of hydrogen-bond acceptors (Lipinski definition) is 5. The van der Waals surface area contributed by atoms with Gasteiger partial charge in [-0.15, -0.1) is 11.3 Å². The molecule has 4 aromatic rings. The number of piperidine rings is 1. The molecule has 0 saturated carbocycles. The molecule has 0 atom stereocenters. The fourth-order valence-electron chi connectivity index (χ4n) is 4.32. The first-order valence-corrected chi connectivity index (χ1v) is 12.3. The molecule has 0 bridgehead atoms. The molecule has 2 N–H and O–H groups in total. The summed E-state index contributed by atoms with van der Waals surface area (Å²) in [6.07, 6.45) is 1.65. The standard InChI is InChI=1S/C26H27N5O2S/c1-18-22-16-23(34-26(22)31(29-18)21-10-6-3-7-11-21)25(33)28-20-12-14-30(15-13-20)17-24(32)27-19-8-4-2-5-9-19/h2-11,16,20H,12-15,17H2,1H3,(H,27,32)(H,28,33). The minimum Gasteiger partial charge on any atom is -0.349 e. The predicted molar refractivity (Wildman–Crippen MR) is 136 cm³/mol. The highest BCUT2D eigenvalue weighted by atomic mass is 32.1. The molecule has 8 heteroatoms. The molecule has 1 aliphatic heterocycles. The van der Waals surface area contributed by atoms with Gasteiger partial charge in [0.1, 0.15) is 4.83 Å². The Bertz CT molecular complexity index is 1290. The molecule has 1 saturated heterocycles. The van der Waals surface area contributed by atoms with E-state index < -0.39 is 0 Å². The smallest absolute Gasteiger partial charge is 0.261 e. The number of rotatable bonds is 6. The van der Waals surface area contributed by atoms with Gasteiger partial charge in [0.25, 0.3) is 5.91 Å². The van der Waals surface area contributed by atoms with Gasteiger partial charge in [-0.1, -0.05) is 36.4 Å². The lowest BCUT2D eigenvalue weighted by Crippen LogP contribution is -2.46. The number of anilines is 1. The van der Waals surface area contributed by atoms with Crippen LogP contribution in [-0.2, 0) is 4.79 Å². The second-order valence-corrected chi connectivity index (χ2v) is 9.63. The number of carbonyl (C=O) groups is 2. The number of benzene rings is 2. The van der Waals surface area contributed by atoms with Crippen LogP contribution in [-0.4, -0.2) is 52.2 Å². The van der Waals surface area contributed by atoms with Crippen LogP contribution in [0.2, 0.25) is 0 Å². The number of nitrogens with zero attached hydrogens (tertiary/aromatic N) is 3. The molecule has 0 radical (unpaired) electrons. The quantitative estimate of drug-likeness (QED) is 0.439. The lowest BCUT2D eigenvalue weighted by atomic mass is 10.0. The highest BCUT2D eigenvalue weighted by Gasteiger charge is 2.24. The van der Waals surface area contributed by atoms with Crippen LogP contribution in [0.1, 0.15) is 28.2 Å². The molecule has 1 fully saturated rings. The molecule has 3 heterocycles. The van der Waals surface area contributed by atoms with E-state index >= 15 is 0 Å². The average Bonchev–Trinajstić information content (AvgIpc) is 3.42. The number of nitrogens with one attached hydrogen (secondary N) is 2. The van der Waals surface area contributed by atoms with Gasteiger partial charge in [-0.2, -0.15) is 5.10 Å². The number of fused-ring (bicyclic) bond motifs is 1. The number of carbonyl (C=O) groups excluding carboxylic acids is 2. The highest BCUT2D eigenvalue weighted by molar-refractivity contribution is 7.20. The van der Waals surface area contributed by atoms with Crippen molar-refractivity contribution in [2.45, 2.75) is 25.8 Å². The largest absolute Gasteiger partial charge is 0.349 e. The molecule has 0 aliphatic carbocycles. The lowest BCUT2D eigenvalue weighted by Gasteiger charge is -2.31. The van der Waals surface area contributed by atoms with Gasteiger partial charge >= 0.3 is 0 Å². The van der Waals surface area contributed by atoms with Gasteiger partial charge < -0.3 is 10.6 Å². The van der Waals surface area contributed by atoms with Crippen molar-refractivity contribution < 1.29 is 9.59 Å². The van der Waals surface area contributed by atoms with Gasteiger partial charge in [0.15, 0.2) is 0 Å². The van der Waals surface area contributed by atoms with Crippen LogP contribution in [0.3, 0.4) is 0 Å². The summed E-state index contributed by atoms with van der Waals surface area (Å²) in [6, 6.07) is 21.5. The fraction of sp³-hybridized carbons (Fsp3) is 0.269. The number of thiophene rings is 1. The Kier molecular flexibility index (Phi) is 6.42. The molecular formula is C26H27N5O2S. The number of para-hydroxylation sites is 2. The molecule has 2 aromatic carbocycles. The molecule has 1 aliphatic rings. The first-order valence-electron chi connectivity index (χ1n) is 11.5. The van der Waals surface area contributed by atoms with E-state index in [2.05, 4.69) is 20.6 Å². The van der Waals surface area contributed by atoms with E-state index in [4.69, 9.17) is 0 Å². The zero-order valence-electron chi connectivity index (χ0n) is 19.0. The van der Waals surface area contributed by atoms with Crippen molar-refractivity contribution in [3.63, 3.8) is 0 Å². The molecule has 5 rings (SSSR count). The molecule has 2 aromatic heterocycles. The number of amides is 2. The first-order chi connectivity index (χ1) is 16.6. The molecule has 174 valence electrons. The lowest BCUT2D eigenvalue weighted by molar-refractivity contribution is -0.117. The summed E-state index contributed by atoms with van der Waals surface area (Å²) in [4.78, 5) is 29.1. The van der Waals surface area contributed by atoms with E-state index in [0.29, 0.717) is 11.4 Å². The van der Waals surface area contributed by atoms with Crippen molar-refractivity contribution in [1.29, 1.82) is 0 Å². The maximum atomic E-state index is 13.0. The third-order valence-electron chi connectivity index (χ3n) is 6.12. The Balaban J connectivity index is 1.17. The summed E-state index contributed by atoms with van der Waals surface area (Å²) in [5, 5.41) is 11.8. The van der Waals surface area contributed by atoms with Crippen molar-refractivity contribution in [2.75, 3.05) is 25.0 Å². The Morgan fingerprint density at radius 1 is 1.03 bits per heavy atom. The van der Waals surface area contributed by atoms with Gasteiger partial charge in [0.05, 0.1) is 22.8 Å². The summed E-state index contributed by atoms with van der Waals surface area (Å²) in [6.45, 7) is 3.89. The maximum absolute atomic E-state index is 13.0. The maximum Gasteiger partial charge on any atom is 0.261 e. The van der Waals surface area contributed by atoms with Crippen LogP contribution in [0.25, 0.3) is 15.9 Å². The monoisotopic (exact) mass is 473 g/mol. The molecule has 34 heavy (non-hydrogen) atoms. The van der Waals surface area contributed by atoms with Crippen LogP contribution < -0.4 is 10.6 Å². The SMILES string of the molecule is Cc1nn(-c2ccccc2)c2sc(C(=O)NC3CCN(CC(=O)Nc4ccccc4)CC3)cc12. The molecule has 7 nitrogen and oxygen atoms in total. The predicted octanol–water partition coefficient (Wildman–Crippen LogP) is 4.23. The van der Waals surface area contributed by atoms with Crippen LogP contribution in [0.5, 0.6) is 0 Å². The summed E-state index contributed by atoms with van der Waals surface area (Å²) in [5.41, 5.74) is 2.71. The van der Waals surface area contributed by atoms with Crippen molar-refractivity contribution in [2.24, 2.45) is 0 Å². The van der Waals surface area contributed by atoms with Crippen molar-refractivity contribution in [3.8, 4) is 5.69 Å². The van der Waals surface area contributed by atoms with Crippen LogP contribution >= 0.6 is 11.3 Å². The van der Waals surface area contributed by atoms with E-state index in [1.54, 1.807) is 0 Å². The number of hydrogen-bond donors (Lipinski definition) is 2. The zero-order chi connectivity index (χ0) is 23.5. The second kappa shape index (κ2) is 9.79. The van der Waals surface area contributed by atoms with E-state index in [1.165, 1.54) is 11.3 Å². The second-order valence-electron chi connectivity index (χ2n) is 8.60. The Morgan fingerprint density at radius 2 is 1.71 bits per heavy atom. The highest BCUT2D eigenvalue weighted by Crippen LogP contribution is 2.30. The number of likely N-dealkylation sites (tertiary alicyclic amines) is 1. The van der Waals surface area contributed by atoms with E-state index in [1.807, 2.05) is 78.3 Å². The molecule has 0 unspecified atom stereocenters. The summed E-state index contributed by atoms with van der Waals surface area (Å²) in [7, 11) is 0. The number of aryl methyl sites for hydroxylation is 1. The minimum absolute atomic E-state index is 0.0122. The first kappa shape index (κ1) is 22.3. The van der Waals surface area contributed by atoms with Gasteiger partial charge in [-0.05, 0) is 50.1 Å². The average molecular weight is 474 g/mol. The zero-order valence-corrected chi connectivity index (χ0v) is 19.8. The Labute approximate surface area is 202 Å².